The molecule has 1 aliphatic heterocycles. The first kappa shape index (κ1) is 21.3. The highest BCUT2D eigenvalue weighted by atomic mass is 32.1. The Morgan fingerprint density at radius 1 is 1.45 bits per heavy atom. The smallest absolute Gasteiger partial charge is 0.321 e. The summed E-state index contributed by atoms with van der Waals surface area (Å²) in [6.07, 6.45) is 0.679. The summed E-state index contributed by atoms with van der Waals surface area (Å²) in [4.78, 5) is 24.2. The molecule has 3 heterocycles. The van der Waals surface area contributed by atoms with Crippen molar-refractivity contribution in [1.29, 1.82) is 0 Å². The van der Waals surface area contributed by atoms with Crippen molar-refractivity contribution in [3.05, 3.63) is 28.8 Å². The van der Waals surface area contributed by atoms with Gasteiger partial charge in [0.15, 0.2) is 10.7 Å². The standard InChI is InChI=1S/C20H24FN5O4S/c1-11-16-13(23-18(31-16)25-17(27)22-9-20(2,3)28)6-7-26(11)19-24-14-8-12(29-10-21)4-5-15(14)30-19/h4-5,8,11,28H,6-7,9-10H2,1-3H3,(H2,22,23,25,27)/t11-/m0/s1. The van der Waals surface area contributed by atoms with Gasteiger partial charge in [-0.15, -0.1) is 0 Å². The number of hydrogen-bond donors (Lipinski definition) is 3. The summed E-state index contributed by atoms with van der Waals surface area (Å²) in [5.74, 6) is 0.393. The van der Waals surface area contributed by atoms with E-state index in [1.165, 1.54) is 11.3 Å². The summed E-state index contributed by atoms with van der Waals surface area (Å²) in [5, 5.41) is 15.6. The number of benzene rings is 1. The number of aromatic nitrogens is 2. The molecule has 0 saturated carbocycles. The number of urea groups is 1. The number of thiazole rings is 1. The molecule has 1 aliphatic rings. The van der Waals surface area contributed by atoms with Gasteiger partial charge in [0.2, 0.25) is 6.86 Å². The molecule has 4 rings (SSSR count). The monoisotopic (exact) mass is 449 g/mol. The molecule has 2 amide bonds. The third kappa shape index (κ3) is 4.72. The van der Waals surface area contributed by atoms with Crippen LogP contribution in [-0.4, -0.2) is 46.7 Å². The Bertz CT molecular complexity index is 1090. The van der Waals surface area contributed by atoms with Crippen LogP contribution in [0.15, 0.2) is 22.6 Å². The molecule has 0 bridgehead atoms. The molecule has 31 heavy (non-hydrogen) atoms. The molecule has 0 unspecified atom stereocenters. The van der Waals surface area contributed by atoms with E-state index < -0.39 is 18.5 Å². The number of carbonyl (C=O) groups is 1. The van der Waals surface area contributed by atoms with Crippen LogP contribution in [0.2, 0.25) is 0 Å². The van der Waals surface area contributed by atoms with E-state index in [1.54, 1.807) is 32.0 Å². The Morgan fingerprint density at radius 3 is 3.00 bits per heavy atom. The fraction of sp³-hybridized carbons (Fsp3) is 0.450. The zero-order chi connectivity index (χ0) is 22.2. The van der Waals surface area contributed by atoms with Crippen molar-refractivity contribution in [2.75, 3.05) is 30.2 Å². The second-order valence-corrected chi connectivity index (χ2v) is 8.98. The Kier molecular flexibility index (Phi) is 5.71. The van der Waals surface area contributed by atoms with Crippen molar-refractivity contribution >= 4 is 39.6 Å². The van der Waals surface area contributed by atoms with Crippen LogP contribution in [0.25, 0.3) is 11.1 Å². The number of amides is 2. The molecule has 1 aromatic carbocycles. The van der Waals surface area contributed by atoms with E-state index in [-0.39, 0.29) is 12.6 Å². The summed E-state index contributed by atoms with van der Waals surface area (Å²) < 4.78 is 23.2. The van der Waals surface area contributed by atoms with Crippen molar-refractivity contribution in [3.8, 4) is 5.75 Å². The van der Waals surface area contributed by atoms with Crippen LogP contribution in [0.3, 0.4) is 0 Å². The molecule has 11 heteroatoms. The molecule has 1 atom stereocenters. The van der Waals surface area contributed by atoms with Gasteiger partial charge in [-0.1, -0.05) is 11.3 Å². The van der Waals surface area contributed by atoms with Gasteiger partial charge in [0, 0.05) is 25.6 Å². The first-order chi connectivity index (χ1) is 14.7. The quantitative estimate of drug-likeness (QED) is 0.527. The van der Waals surface area contributed by atoms with Gasteiger partial charge < -0.3 is 24.5 Å². The first-order valence-corrected chi connectivity index (χ1v) is 10.7. The van der Waals surface area contributed by atoms with E-state index in [2.05, 4.69) is 20.6 Å². The highest BCUT2D eigenvalue weighted by Gasteiger charge is 2.31. The van der Waals surface area contributed by atoms with Crippen LogP contribution in [0, 0.1) is 0 Å². The second kappa shape index (κ2) is 8.31. The van der Waals surface area contributed by atoms with Crippen molar-refractivity contribution in [2.24, 2.45) is 0 Å². The highest BCUT2D eigenvalue weighted by Crippen LogP contribution is 2.39. The fourth-order valence-electron chi connectivity index (χ4n) is 3.35. The van der Waals surface area contributed by atoms with Crippen LogP contribution in [0.4, 0.5) is 20.3 Å². The minimum Gasteiger partial charge on any atom is -0.463 e. The molecule has 0 spiro atoms. The van der Waals surface area contributed by atoms with Crippen LogP contribution in [-0.2, 0) is 6.42 Å². The number of carbonyl (C=O) groups excluding carboxylic acids is 1. The largest absolute Gasteiger partial charge is 0.463 e. The summed E-state index contributed by atoms with van der Waals surface area (Å²) in [7, 11) is 0. The van der Waals surface area contributed by atoms with E-state index in [4.69, 9.17) is 9.15 Å². The number of nitrogens with one attached hydrogen (secondary N) is 2. The molecule has 2 aromatic heterocycles. The highest BCUT2D eigenvalue weighted by molar-refractivity contribution is 7.16. The van der Waals surface area contributed by atoms with Gasteiger partial charge >= 0.3 is 6.03 Å². The van der Waals surface area contributed by atoms with E-state index in [0.717, 1.165) is 10.6 Å². The van der Waals surface area contributed by atoms with Gasteiger partial charge in [-0.3, -0.25) is 5.32 Å². The zero-order valence-electron chi connectivity index (χ0n) is 17.4. The average molecular weight is 450 g/mol. The van der Waals surface area contributed by atoms with Crippen molar-refractivity contribution in [1.82, 2.24) is 15.3 Å². The third-order valence-electron chi connectivity index (χ3n) is 4.88. The summed E-state index contributed by atoms with van der Waals surface area (Å²) in [5.41, 5.74) is 1.12. The van der Waals surface area contributed by atoms with E-state index >= 15 is 0 Å². The molecular formula is C20H24FN5O4S. The number of fused-ring (bicyclic) bond motifs is 2. The lowest BCUT2D eigenvalue weighted by atomic mass is 10.1. The minimum absolute atomic E-state index is 0.0501. The lowest BCUT2D eigenvalue weighted by Crippen LogP contribution is -2.40. The SMILES string of the molecule is C[C@H]1c2sc(NC(=O)NCC(C)(C)O)nc2CCN1c1nc2cc(OCF)ccc2o1. The van der Waals surface area contributed by atoms with Gasteiger partial charge in [0.1, 0.15) is 11.3 Å². The molecule has 3 aromatic rings. The van der Waals surface area contributed by atoms with Crippen LogP contribution in [0.1, 0.15) is 37.4 Å². The Balaban J connectivity index is 1.49. The van der Waals surface area contributed by atoms with Gasteiger partial charge in [0.25, 0.3) is 6.01 Å². The molecule has 0 radical (unpaired) electrons. The molecule has 3 N–H and O–H groups in total. The number of ether oxygens (including phenoxy) is 1. The Morgan fingerprint density at radius 2 is 2.26 bits per heavy atom. The number of alkyl halides is 1. The van der Waals surface area contributed by atoms with Crippen LogP contribution in [0.5, 0.6) is 5.75 Å². The van der Waals surface area contributed by atoms with E-state index in [9.17, 15) is 14.3 Å². The zero-order valence-corrected chi connectivity index (χ0v) is 18.3. The molecule has 166 valence electrons. The maximum atomic E-state index is 12.4. The maximum Gasteiger partial charge on any atom is 0.321 e. The molecule has 0 aliphatic carbocycles. The number of nitrogens with zero attached hydrogens (tertiary/aromatic N) is 3. The lowest BCUT2D eigenvalue weighted by Gasteiger charge is -2.31. The number of rotatable bonds is 6. The van der Waals surface area contributed by atoms with Crippen molar-refractivity contribution in [2.45, 2.75) is 38.8 Å². The average Bonchev–Trinajstić information content (AvgIpc) is 3.30. The topological polar surface area (TPSA) is 113 Å². The normalized spacial score (nSPS) is 16.3. The van der Waals surface area contributed by atoms with Crippen molar-refractivity contribution < 1.29 is 23.4 Å². The minimum atomic E-state index is -0.993. The van der Waals surface area contributed by atoms with Crippen molar-refractivity contribution in [3.63, 3.8) is 0 Å². The summed E-state index contributed by atoms with van der Waals surface area (Å²) in [6.45, 7) is 5.15. The van der Waals surface area contributed by atoms with Gasteiger partial charge in [-0.25, -0.2) is 14.2 Å². The predicted octanol–water partition coefficient (Wildman–Crippen LogP) is 3.61. The van der Waals surface area contributed by atoms with E-state index in [1.807, 2.05) is 11.8 Å². The maximum absolute atomic E-state index is 12.4. The lowest BCUT2D eigenvalue weighted by molar-refractivity contribution is 0.0826. The summed E-state index contributed by atoms with van der Waals surface area (Å²) >= 11 is 1.40. The fourth-order valence-corrected chi connectivity index (χ4v) is 4.43. The third-order valence-corrected chi connectivity index (χ3v) is 6.06. The number of halogens is 1. The van der Waals surface area contributed by atoms with Gasteiger partial charge in [0.05, 0.1) is 22.2 Å². The number of aliphatic hydroxyl groups is 1. The van der Waals surface area contributed by atoms with Gasteiger partial charge in [-0.2, -0.15) is 4.98 Å². The van der Waals surface area contributed by atoms with Crippen LogP contribution < -0.4 is 20.3 Å². The number of anilines is 2. The Hall–Kier alpha value is -2.92. The predicted molar refractivity (Wildman–Crippen MR) is 116 cm³/mol. The first-order valence-electron chi connectivity index (χ1n) is 9.86. The van der Waals surface area contributed by atoms with Crippen LogP contribution >= 0.6 is 11.3 Å². The molecular weight excluding hydrogens is 425 g/mol. The Labute approximate surface area is 182 Å². The number of oxazole rings is 1. The number of hydrogen-bond acceptors (Lipinski definition) is 8. The summed E-state index contributed by atoms with van der Waals surface area (Å²) in [6, 6.07) is 4.99. The van der Waals surface area contributed by atoms with E-state index in [0.29, 0.717) is 41.0 Å². The second-order valence-electron chi connectivity index (χ2n) is 7.95. The van der Waals surface area contributed by atoms with Gasteiger partial charge in [-0.05, 0) is 32.9 Å². The molecule has 0 fully saturated rings. The molecule has 9 nitrogen and oxygen atoms in total. The molecule has 0 saturated heterocycles.